The Balaban J connectivity index is 1.26. The Hall–Kier alpha value is -3.94. The predicted octanol–water partition coefficient (Wildman–Crippen LogP) is 4.45. The fraction of sp³-hybridized carbons (Fsp3) is 0.357. The molecule has 1 aliphatic heterocycles. The lowest BCUT2D eigenvalue weighted by molar-refractivity contribution is 0.193. The van der Waals surface area contributed by atoms with Gasteiger partial charge in [-0.25, -0.2) is 4.98 Å². The van der Waals surface area contributed by atoms with Crippen molar-refractivity contribution >= 4 is 22.6 Å². The molecule has 6 rings (SSSR count). The molecule has 4 aromatic rings. The molecule has 0 unspecified atom stereocenters. The van der Waals surface area contributed by atoms with E-state index in [0.29, 0.717) is 52.2 Å². The number of nitrogens with one attached hydrogen (secondary N) is 2. The van der Waals surface area contributed by atoms with Gasteiger partial charge in [0.25, 0.3) is 5.56 Å². The lowest BCUT2D eigenvalue weighted by Crippen LogP contribution is -2.43. The van der Waals surface area contributed by atoms with Crippen molar-refractivity contribution in [1.82, 2.24) is 25.1 Å². The van der Waals surface area contributed by atoms with E-state index in [1.165, 1.54) is 11.1 Å². The molecule has 1 aromatic carbocycles. The van der Waals surface area contributed by atoms with Gasteiger partial charge in [-0.3, -0.25) is 14.9 Å². The van der Waals surface area contributed by atoms with Crippen LogP contribution >= 0.6 is 0 Å². The highest BCUT2D eigenvalue weighted by molar-refractivity contribution is 5.93. The van der Waals surface area contributed by atoms with Gasteiger partial charge in [-0.1, -0.05) is 37.8 Å². The second kappa shape index (κ2) is 8.62. The van der Waals surface area contributed by atoms with Crippen LogP contribution in [0, 0.1) is 5.41 Å². The van der Waals surface area contributed by atoms with E-state index in [9.17, 15) is 4.79 Å². The molecule has 8 heteroatoms. The summed E-state index contributed by atoms with van der Waals surface area (Å²) in [4.78, 5) is 27.5. The minimum Gasteiger partial charge on any atom is -0.478 e. The molecule has 1 spiro atoms. The molecule has 0 saturated carbocycles. The number of aromatic amines is 2. The van der Waals surface area contributed by atoms with Crippen LogP contribution in [0.4, 0.5) is 5.95 Å². The van der Waals surface area contributed by atoms with Gasteiger partial charge in [0.2, 0.25) is 11.8 Å². The second-order valence-corrected chi connectivity index (χ2v) is 9.90. The van der Waals surface area contributed by atoms with E-state index in [4.69, 9.17) is 9.72 Å². The number of fused-ring (bicyclic) bond motifs is 2. The number of nitrogens with zero attached hydrogens (tertiary/aromatic N) is 4. The van der Waals surface area contributed by atoms with Gasteiger partial charge in [0.15, 0.2) is 5.65 Å². The Morgan fingerprint density at radius 3 is 2.81 bits per heavy atom. The van der Waals surface area contributed by atoms with Gasteiger partial charge in [-0.15, -0.1) is 0 Å². The smallest absolute Gasteiger partial charge is 0.264 e. The molecule has 0 amide bonds. The number of aromatic nitrogens is 5. The first-order chi connectivity index (χ1) is 17.5. The first-order valence-electron chi connectivity index (χ1n) is 12.6. The maximum Gasteiger partial charge on any atom is 0.264 e. The van der Waals surface area contributed by atoms with Crippen LogP contribution in [-0.4, -0.2) is 44.8 Å². The molecule has 3 aromatic heterocycles. The molecule has 1 saturated heterocycles. The van der Waals surface area contributed by atoms with Crippen molar-refractivity contribution in [1.29, 1.82) is 0 Å². The number of anilines is 1. The minimum absolute atomic E-state index is 0.233. The highest BCUT2D eigenvalue weighted by Gasteiger charge is 2.45. The molecule has 8 nitrogen and oxygen atoms in total. The van der Waals surface area contributed by atoms with Crippen LogP contribution in [0.2, 0.25) is 0 Å². The quantitative estimate of drug-likeness (QED) is 0.436. The molecule has 184 valence electrons. The Morgan fingerprint density at radius 2 is 2.03 bits per heavy atom. The van der Waals surface area contributed by atoms with Crippen molar-refractivity contribution in [3.05, 3.63) is 81.9 Å². The van der Waals surface area contributed by atoms with E-state index in [1.54, 1.807) is 6.20 Å². The topological polar surface area (TPSA) is 99.8 Å². The number of hydrogen-bond donors (Lipinski definition) is 2. The Morgan fingerprint density at radius 1 is 1.22 bits per heavy atom. The average molecular weight is 483 g/mol. The van der Waals surface area contributed by atoms with Gasteiger partial charge in [0.1, 0.15) is 11.1 Å². The Labute approximate surface area is 209 Å². The van der Waals surface area contributed by atoms with Gasteiger partial charge in [-0.2, -0.15) is 10.1 Å². The monoisotopic (exact) mass is 482 g/mol. The number of rotatable bonds is 5. The number of H-pyrrole nitrogens is 2. The maximum absolute atomic E-state index is 13.3. The van der Waals surface area contributed by atoms with Gasteiger partial charge in [0, 0.05) is 30.4 Å². The van der Waals surface area contributed by atoms with E-state index in [2.05, 4.69) is 62.8 Å². The molecule has 2 N–H and O–H groups in total. The van der Waals surface area contributed by atoms with E-state index in [-0.39, 0.29) is 11.0 Å². The molecule has 36 heavy (non-hydrogen) atoms. The molecule has 1 fully saturated rings. The van der Waals surface area contributed by atoms with E-state index < -0.39 is 0 Å². The third kappa shape index (κ3) is 3.51. The third-order valence-corrected chi connectivity index (χ3v) is 8.12. The van der Waals surface area contributed by atoms with Crippen molar-refractivity contribution in [3.8, 4) is 5.88 Å². The number of ether oxygens (including phenoxy) is 1. The summed E-state index contributed by atoms with van der Waals surface area (Å²) in [6, 6.07) is 12.5. The summed E-state index contributed by atoms with van der Waals surface area (Å²) < 4.78 is 5.65. The summed E-state index contributed by atoms with van der Waals surface area (Å²) in [7, 11) is 0. The summed E-state index contributed by atoms with van der Waals surface area (Å²) in [6.07, 6.45) is 4.93. The third-order valence-electron chi connectivity index (χ3n) is 8.12. The molecule has 1 aliphatic carbocycles. The SMILES string of the molecule is C=C(c1cccnc1OCC)c1n[nH]c2nc(N3CCC4(CC3)Cc3ccccc3[C@H]4C)[nH]c(=O)c12. The maximum atomic E-state index is 13.3. The van der Waals surface area contributed by atoms with Gasteiger partial charge in [0.05, 0.1) is 6.61 Å². The van der Waals surface area contributed by atoms with Crippen molar-refractivity contribution in [3.63, 3.8) is 0 Å². The largest absolute Gasteiger partial charge is 0.478 e. The fourth-order valence-corrected chi connectivity index (χ4v) is 6.05. The standard InChI is InChI=1S/C28H30N6O2/c1-4-36-26-20(10-7-13-29-26)17(2)23-22-24(33-32-23)30-27(31-25(22)35)34-14-11-28(12-15-34)16-19-8-5-6-9-21(19)18(28)3/h5-10,13,18H,2,4,11-12,14-16H2,1,3H3,(H2,30,31,32,33,35)/t18-/m1/s1. The lowest BCUT2D eigenvalue weighted by atomic mass is 9.70. The summed E-state index contributed by atoms with van der Waals surface area (Å²) in [5, 5.41) is 7.74. The highest BCUT2D eigenvalue weighted by Crippen LogP contribution is 2.53. The van der Waals surface area contributed by atoms with Crippen LogP contribution in [0.15, 0.2) is 54.0 Å². The zero-order valence-electron chi connectivity index (χ0n) is 20.7. The number of benzene rings is 1. The van der Waals surface area contributed by atoms with Gasteiger partial charge in [-0.05, 0) is 60.8 Å². The normalized spacial score (nSPS) is 18.5. The Bertz CT molecular complexity index is 1510. The molecule has 0 radical (unpaired) electrons. The fourth-order valence-electron chi connectivity index (χ4n) is 6.05. The first-order valence-corrected chi connectivity index (χ1v) is 12.6. The number of pyridine rings is 1. The van der Waals surface area contributed by atoms with E-state index in [0.717, 1.165) is 32.4 Å². The molecule has 2 aliphatic rings. The van der Waals surface area contributed by atoms with Crippen molar-refractivity contribution in [2.45, 2.75) is 39.0 Å². The van der Waals surface area contributed by atoms with Crippen LogP contribution < -0.4 is 15.2 Å². The Kier molecular flexibility index (Phi) is 5.39. The average Bonchev–Trinajstić information content (AvgIpc) is 3.44. The van der Waals surface area contributed by atoms with Crippen LogP contribution in [0.25, 0.3) is 16.6 Å². The lowest BCUT2D eigenvalue weighted by Gasteiger charge is -2.42. The molecular weight excluding hydrogens is 452 g/mol. The highest BCUT2D eigenvalue weighted by atomic mass is 16.5. The molecular formula is C28H30N6O2. The minimum atomic E-state index is -0.233. The van der Waals surface area contributed by atoms with Crippen LogP contribution in [0.1, 0.15) is 55.0 Å². The summed E-state index contributed by atoms with van der Waals surface area (Å²) in [6.45, 7) is 10.6. The first kappa shape index (κ1) is 22.5. The number of piperidine rings is 1. The zero-order chi connectivity index (χ0) is 24.9. The van der Waals surface area contributed by atoms with Crippen LogP contribution in [0.3, 0.4) is 0 Å². The van der Waals surface area contributed by atoms with Crippen molar-refractivity contribution in [2.24, 2.45) is 5.41 Å². The van der Waals surface area contributed by atoms with E-state index in [1.807, 2.05) is 19.1 Å². The molecule has 4 heterocycles. The summed E-state index contributed by atoms with van der Waals surface area (Å²) in [5.41, 5.74) is 5.19. The second-order valence-electron chi connectivity index (χ2n) is 9.90. The van der Waals surface area contributed by atoms with Gasteiger partial charge >= 0.3 is 0 Å². The zero-order valence-corrected chi connectivity index (χ0v) is 20.7. The van der Waals surface area contributed by atoms with E-state index >= 15 is 0 Å². The number of hydrogen-bond acceptors (Lipinski definition) is 6. The van der Waals surface area contributed by atoms with Gasteiger partial charge < -0.3 is 9.64 Å². The molecule has 1 atom stereocenters. The predicted molar refractivity (Wildman–Crippen MR) is 140 cm³/mol. The van der Waals surface area contributed by atoms with Crippen molar-refractivity contribution < 1.29 is 4.74 Å². The van der Waals surface area contributed by atoms with Crippen LogP contribution in [-0.2, 0) is 6.42 Å². The summed E-state index contributed by atoms with van der Waals surface area (Å²) >= 11 is 0. The van der Waals surface area contributed by atoms with Crippen LogP contribution in [0.5, 0.6) is 5.88 Å². The molecule has 0 bridgehead atoms. The van der Waals surface area contributed by atoms with Crippen molar-refractivity contribution in [2.75, 3.05) is 24.6 Å². The summed E-state index contributed by atoms with van der Waals surface area (Å²) in [5.74, 6) is 1.59.